The number of carboxylic acid groups (broad SMARTS) is 1. The molecule has 0 aliphatic carbocycles. The number of hydrogen-bond acceptors (Lipinski definition) is 4. The smallest absolute Gasteiger partial charge is 0.328 e. The summed E-state index contributed by atoms with van der Waals surface area (Å²) in [6.07, 6.45) is 4.68. The van der Waals surface area contributed by atoms with E-state index in [1.54, 1.807) is 12.1 Å². The van der Waals surface area contributed by atoms with Crippen LogP contribution in [0.1, 0.15) is 27.4 Å². The quantitative estimate of drug-likeness (QED) is 0.806. The number of rotatable bonds is 5. The minimum absolute atomic E-state index is 0.121. The Bertz CT molecular complexity index is 489. The molecule has 1 aliphatic rings. The average Bonchev–Trinajstić information content (AvgIpc) is 3.04. The summed E-state index contributed by atoms with van der Waals surface area (Å²) >= 11 is 1.26. The van der Waals surface area contributed by atoms with E-state index in [1.165, 1.54) is 17.4 Å². The number of carbonyl (C=O) groups is 2. The Kier molecular flexibility index (Phi) is 4.70. The van der Waals surface area contributed by atoms with Gasteiger partial charge >= 0.3 is 5.97 Å². The molecule has 0 radical (unpaired) electrons. The van der Waals surface area contributed by atoms with Crippen LogP contribution in [0.2, 0.25) is 0 Å². The van der Waals surface area contributed by atoms with E-state index in [-0.39, 0.29) is 12.0 Å². The molecule has 1 atom stereocenters. The largest absolute Gasteiger partial charge is 0.478 e. The Morgan fingerprint density at radius 3 is 3.05 bits per heavy atom. The van der Waals surface area contributed by atoms with Crippen LogP contribution in [0, 0.1) is 0 Å². The molecule has 0 bridgehead atoms. The summed E-state index contributed by atoms with van der Waals surface area (Å²) in [5, 5.41) is 11.3. The van der Waals surface area contributed by atoms with Crippen molar-refractivity contribution >= 4 is 29.3 Å². The van der Waals surface area contributed by atoms with Crippen LogP contribution in [-0.4, -0.2) is 36.2 Å². The predicted octanol–water partition coefficient (Wildman–Crippen LogP) is 1.75. The fourth-order valence-electron chi connectivity index (χ4n) is 1.82. The van der Waals surface area contributed by atoms with Gasteiger partial charge in [-0.2, -0.15) is 0 Å². The van der Waals surface area contributed by atoms with Gasteiger partial charge in [0.15, 0.2) is 0 Å². The fourth-order valence-corrected chi connectivity index (χ4v) is 2.64. The van der Waals surface area contributed by atoms with Crippen LogP contribution in [0.5, 0.6) is 0 Å². The van der Waals surface area contributed by atoms with E-state index < -0.39 is 5.97 Å². The van der Waals surface area contributed by atoms with Gasteiger partial charge in [-0.25, -0.2) is 4.79 Å². The number of amides is 1. The zero-order valence-electron chi connectivity index (χ0n) is 10.3. The highest BCUT2D eigenvalue weighted by Crippen LogP contribution is 2.18. The van der Waals surface area contributed by atoms with Gasteiger partial charge in [-0.3, -0.25) is 4.79 Å². The second-order valence-electron chi connectivity index (χ2n) is 4.22. The van der Waals surface area contributed by atoms with Crippen molar-refractivity contribution in [3.8, 4) is 0 Å². The van der Waals surface area contributed by atoms with Gasteiger partial charge in [0.2, 0.25) is 0 Å². The lowest BCUT2D eigenvalue weighted by Crippen LogP contribution is -2.31. The van der Waals surface area contributed by atoms with Crippen molar-refractivity contribution in [2.75, 3.05) is 13.2 Å². The normalized spacial score (nSPS) is 18.8. The molecule has 6 heteroatoms. The lowest BCUT2D eigenvalue weighted by atomic mass is 10.2. The van der Waals surface area contributed by atoms with Gasteiger partial charge in [-0.05, 0) is 31.1 Å². The van der Waals surface area contributed by atoms with Crippen molar-refractivity contribution in [2.45, 2.75) is 18.9 Å². The van der Waals surface area contributed by atoms with Crippen molar-refractivity contribution in [3.05, 3.63) is 28.0 Å². The molecule has 1 fully saturated rings. The Morgan fingerprint density at radius 2 is 2.37 bits per heavy atom. The highest BCUT2D eigenvalue weighted by molar-refractivity contribution is 7.14. The Morgan fingerprint density at radius 1 is 1.53 bits per heavy atom. The highest BCUT2D eigenvalue weighted by Gasteiger charge is 2.17. The first-order valence-electron chi connectivity index (χ1n) is 6.06. The lowest BCUT2D eigenvalue weighted by Gasteiger charge is -2.09. The van der Waals surface area contributed by atoms with Crippen LogP contribution in [0.4, 0.5) is 0 Å². The summed E-state index contributed by atoms with van der Waals surface area (Å²) in [5.41, 5.74) is 0. The van der Waals surface area contributed by atoms with E-state index in [9.17, 15) is 9.59 Å². The number of thiophene rings is 1. The summed E-state index contributed by atoms with van der Waals surface area (Å²) in [5.74, 6) is -1.15. The Labute approximate surface area is 114 Å². The maximum absolute atomic E-state index is 11.9. The molecule has 1 aromatic heterocycles. The van der Waals surface area contributed by atoms with E-state index in [1.807, 2.05) is 0 Å². The molecule has 102 valence electrons. The number of carboxylic acids is 1. The molecule has 2 heterocycles. The van der Waals surface area contributed by atoms with Crippen LogP contribution in [0.15, 0.2) is 18.2 Å². The van der Waals surface area contributed by atoms with Gasteiger partial charge in [-0.1, -0.05) is 0 Å². The van der Waals surface area contributed by atoms with E-state index in [0.29, 0.717) is 11.4 Å². The van der Waals surface area contributed by atoms with Crippen molar-refractivity contribution in [1.82, 2.24) is 5.32 Å². The molecule has 19 heavy (non-hydrogen) atoms. The Hall–Kier alpha value is -1.66. The SMILES string of the molecule is O=C(O)/C=C/c1ccc(C(=O)NCC2CCCO2)s1. The van der Waals surface area contributed by atoms with E-state index in [0.717, 1.165) is 30.4 Å². The molecule has 0 saturated carbocycles. The minimum atomic E-state index is -1.00. The number of aliphatic carboxylic acids is 1. The molecule has 2 N–H and O–H groups in total. The molecule has 1 amide bonds. The summed E-state index contributed by atoms with van der Waals surface area (Å²) in [4.78, 5) is 23.6. The molecule has 0 spiro atoms. The molecule has 1 saturated heterocycles. The maximum atomic E-state index is 11.9. The van der Waals surface area contributed by atoms with Gasteiger partial charge in [0.05, 0.1) is 11.0 Å². The standard InChI is InChI=1S/C13H15NO4S/c15-12(16)6-4-10-3-5-11(19-10)13(17)14-8-9-2-1-7-18-9/h3-6,9H,1-2,7-8H2,(H,14,17)(H,15,16)/b6-4+. The van der Waals surface area contributed by atoms with Crippen LogP contribution in [0.25, 0.3) is 6.08 Å². The summed E-state index contributed by atoms with van der Waals surface area (Å²) in [6, 6.07) is 3.42. The summed E-state index contributed by atoms with van der Waals surface area (Å²) in [6.45, 7) is 1.29. The van der Waals surface area contributed by atoms with Gasteiger partial charge < -0.3 is 15.2 Å². The molecular weight excluding hydrogens is 266 g/mol. The Balaban J connectivity index is 1.86. The topological polar surface area (TPSA) is 75.6 Å². The van der Waals surface area contributed by atoms with Crippen molar-refractivity contribution in [2.24, 2.45) is 0 Å². The number of nitrogens with one attached hydrogen (secondary N) is 1. The second kappa shape index (κ2) is 6.49. The minimum Gasteiger partial charge on any atom is -0.478 e. The van der Waals surface area contributed by atoms with Gasteiger partial charge in [0, 0.05) is 24.1 Å². The predicted molar refractivity (Wildman–Crippen MR) is 72.3 cm³/mol. The third-order valence-electron chi connectivity index (χ3n) is 2.76. The van der Waals surface area contributed by atoms with Crippen LogP contribution in [0.3, 0.4) is 0 Å². The average molecular weight is 281 g/mol. The number of ether oxygens (including phenoxy) is 1. The van der Waals surface area contributed by atoms with Crippen LogP contribution < -0.4 is 5.32 Å². The van der Waals surface area contributed by atoms with Gasteiger partial charge in [-0.15, -0.1) is 11.3 Å². The molecule has 0 aromatic carbocycles. The van der Waals surface area contributed by atoms with E-state index >= 15 is 0 Å². The van der Waals surface area contributed by atoms with E-state index in [4.69, 9.17) is 9.84 Å². The fraction of sp³-hybridized carbons (Fsp3) is 0.385. The molecule has 2 rings (SSSR count). The zero-order chi connectivity index (χ0) is 13.7. The number of hydrogen-bond donors (Lipinski definition) is 2. The maximum Gasteiger partial charge on any atom is 0.328 e. The summed E-state index contributed by atoms with van der Waals surface area (Å²) in [7, 11) is 0. The lowest BCUT2D eigenvalue weighted by molar-refractivity contribution is -0.131. The molecule has 1 aromatic rings. The summed E-state index contributed by atoms with van der Waals surface area (Å²) < 4.78 is 5.42. The van der Waals surface area contributed by atoms with Gasteiger partial charge in [0.25, 0.3) is 5.91 Å². The third-order valence-corrected chi connectivity index (χ3v) is 3.80. The first kappa shape index (κ1) is 13.8. The zero-order valence-corrected chi connectivity index (χ0v) is 11.1. The third kappa shape index (κ3) is 4.18. The first-order chi connectivity index (χ1) is 9.15. The number of carbonyl (C=O) groups excluding carboxylic acids is 1. The van der Waals surface area contributed by atoms with Crippen molar-refractivity contribution < 1.29 is 19.4 Å². The van der Waals surface area contributed by atoms with E-state index in [2.05, 4.69) is 5.32 Å². The molecule has 1 unspecified atom stereocenters. The molecular formula is C13H15NO4S. The molecule has 5 nitrogen and oxygen atoms in total. The first-order valence-corrected chi connectivity index (χ1v) is 6.87. The van der Waals surface area contributed by atoms with Crippen molar-refractivity contribution in [3.63, 3.8) is 0 Å². The van der Waals surface area contributed by atoms with Crippen LogP contribution in [-0.2, 0) is 9.53 Å². The highest BCUT2D eigenvalue weighted by atomic mass is 32.1. The van der Waals surface area contributed by atoms with Crippen LogP contribution >= 0.6 is 11.3 Å². The van der Waals surface area contributed by atoms with Crippen molar-refractivity contribution in [1.29, 1.82) is 0 Å². The van der Waals surface area contributed by atoms with Gasteiger partial charge in [0.1, 0.15) is 0 Å². The second-order valence-corrected chi connectivity index (χ2v) is 5.33. The monoisotopic (exact) mass is 281 g/mol. The molecule has 1 aliphatic heterocycles.